The van der Waals surface area contributed by atoms with E-state index in [0.717, 1.165) is 10.0 Å². The molecule has 1 unspecified atom stereocenters. The Balaban J connectivity index is 2.73. The maximum absolute atomic E-state index is 9.22. The zero-order valence-electron chi connectivity index (χ0n) is 8.50. The molecule has 78 valence electrons. The van der Waals surface area contributed by atoms with Gasteiger partial charge in [-0.15, -0.1) is 0 Å². The minimum atomic E-state index is 0.0306. The van der Waals surface area contributed by atoms with Crippen molar-refractivity contribution >= 4 is 15.9 Å². The Morgan fingerprint density at radius 3 is 2.29 bits per heavy atom. The number of aliphatic hydroxyl groups excluding tert-OH is 1. The summed E-state index contributed by atoms with van der Waals surface area (Å²) < 4.78 is 1.06. The number of hydrogen-bond acceptors (Lipinski definition) is 2. The first-order valence-corrected chi connectivity index (χ1v) is 5.55. The van der Waals surface area contributed by atoms with Gasteiger partial charge in [-0.2, -0.15) is 0 Å². The lowest BCUT2D eigenvalue weighted by molar-refractivity contribution is 0.237. The Morgan fingerprint density at radius 2 is 1.86 bits per heavy atom. The van der Waals surface area contributed by atoms with Crippen LogP contribution in [-0.2, 0) is 0 Å². The highest BCUT2D eigenvalue weighted by atomic mass is 79.9. The van der Waals surface area contributed by atoms with Gasteiger partial charge in [0.15, 0.2) is 0 Å². The van der Waals surface area contributed by atoms with E-state index in [-0.39, 0.29) is 12.6 Å². The van der Waals surface area contributed by atoms with E-state index in [0.29, 0.717) is 6.04 Å². The third-order valence-electron chi connectivity index (χ3n) is 1.99. The molecule has 0 radical (unpaired) electrons. The molecule has 0 heterocycles. The average Bonchev–Trinajstić information content (AvgIpc) is 2.15. The van der Waals surface area contributed by atoms with Crippen LogP contribution in [0.5, 0.6) is 0 Å². The van der Waals surface area contributed by atoms with Crippen LogP contribution in [-0.4, -0.2) is 17.8 Å². The lowest BCUT2D eigenvalue weighted by atomic mass is 10.1. The molecule has 0 amide bonds. The molecule has 0 aliphatic rings. The lowest BCUT2D eigenvalue weighted by Crippen LogP contribution is -2.30. The van der Waals surface area contributed by atoms with E-state index in [1.165, 1.54) is 0 Å². The summed E-state index contributed by atoms with van der Waals surface area (Å²) in [7, 11) is 0. The number of benzene rings is 1. The summed E-state index contributed by atoms with van der Waals surface area (Å²) in [6.45, 7) is 4.27. The fraction of sp³-hybridized carbons (Fsp3) is 0.455. The molecule has 0 aliphatic carbocycles. The van der Waals surface area contributed by atoms with Crippen LogP contribution < -0.4 is 5.32 Å². The second-order valence-corrected chi connectivity index (χ2v) is 4.52. The second kappa shape index (κ2) is 5.49. The van der Waals surface area contributed by atoms with Gasteiger partial charge in [0.25, 0.3) is 0 Å². The SMILES string of the molecule is CC(C)NC(CO)c1ccc(Br)cc1. The van der Waals surface area contributed by atoms with Gasteiger partial charge in [0.2, 0.25) is 0 Å². The first-order chi connectivity index (χ1) is 6.63. The fourth-order valence-corrected chi connectivity index (χ4v) is 1.62. The van der Waals surface area contributed by atoms with Gasteiger partial charge in [-0.3, -0.25) is 0 Å². The summed E-state index contributed by atoms with van der Waals surface area (Å²) in [6.07, 6.45) is 0. The van der Waals surface area contributed by atoms with Gasteiger partial charge >= 0.3 is 0 Å². The van der Waals surface area contributed by atoms with Crippen LogP contribution in [0.25, 0.3) is 0 Å². The van der Waals surface area contributed by atoms with E-state index < -0.39 is 0 Å². The summed E-state index contributed by atoms with van der Waals surface area (Å²) in [5.41, 5.74) is 1.12. The van der Waals surface area contributed by atoms with Crippen LogP contribution in [0.3, 0.4) is 0 Å². The molecule has 0 saturated heterocycles. The maximum atomic E-state index is 9.22. The standard InChI is InChI=1S/C11H16BrNO/c1-8(2)13-11(7-14)9-3-5-10(12)6-4-9/h3-6,8,11,13-14H,7H2,1-2H3. The average molecular weight is 258 g/mol. The Hall–Kier alpha value is -0.380. The van der Waals surface area contributed by atoms with Gasteiger partial charge in [0.05, 0.1) is 12.6 Å². The largest absolute Gasteiger partial charge is 0.394 e. The van der Waals surface area contributed by atoms with Crippen LogP contribution >= 0.6 is 15.9 Å². The molecule has 14 heavy (non-hydrogen) atoms. The van der Waals surface area contributed by atoms with E-state index in [1.807, 2.05) is 24.3 Å². The molecule has 0 aromatic heterocycles. The molecule has 0 bridgehead atoms. The monoisotopic (exact) mass is 257 g/mol. The molecular formula is C11H16BrNO. The van der Waals surface area contributed by atoms with E-state index in [1.54, 1.807) is 0 Å². The Kier molecular flexibility index (Phi) is 4.58. The van der Waals surface area contributed by atoms with E-state index in [4.69, 9.17) is 0 Å². The zero-order valence-corrected chi connectivity index (χ0v) is 10.1. The Morgan fingerprint density at radius 1 is 1.29 bits per heavy atom. The zero-order chi connectivity index (χ0) is 10.6. The smallest absolute Gasteiger partial charge is 0.0626 e. The van der Waals surface area contributed by atoms with Crippen LogP contribution in [0.1, 0.15) is 25.5 Å². The van der Waals surface area contributed by atoms with Crippen molar-refractivity contribution in [3.05, 3.63) is 34.3 Å². The summed E-state index contributed by atoms with van der Waals surface area (Å²) in [5, 5.41) is 12.5. The van der Waals surface area contributed by atoms with Crippen molar-refractivity contribution in [2.75, 3.05) is 6.61 Å². The van der Waals surface area contributed by atoms with E-state index >= 15 is 0 Å². The van der Waals surface area contributed by atoms with Crippen LogP contribution in [0.15, 0.2) is 28.7 Å². The molecule has 1 atom stereocenters. The molecule has 2 nitrogen and oxygen atoms in total. The molecule has 1 aromatic rings. The number of nitrogens with one attached hydrogen (secondary N) is 1. The predicted molar refractivity (Wildman–Crippen MR) is 62.2 cm³/mol. The molecular weight excluding hydrogens is 242 g/mol. The molecule has 0 fully saturated rings. The summed E-state index contributed by atoms with van der Waals surface area (Å²) in [4.78, 5) is 0. The van der Waals surface area contributed by atoms with Crippen molar-refractivity contribution in [2.45, 2.75) is 25.9 Å². The number of rotatable bonds is 4. The minimum absolute atomic E-state index is 0.0306. The molecule has 1 aromatic carbocycles. The van der Waals surface area contributed by atoms with E-state index in [9.17, 15) is 5.11 Å². The van der Waals surface area contributed by atoms with Crippen LogP contribution in [0, 0.1) is 0 Å². The first kappa shape index (κ1) is 11.7. The van der Waals surface area contributed by atoms with Crippen molar-refractivity contribution in [1.29, 1.82) is 0 Å². The van der Waals surface area contributed by atoms with Crippen molar-refractivity contribution in [2.24, 2.45) is 0 Å². The van der Waals surface area contributed by atoms with Gasteiger partial charge < -0.3 is 10.4 Å². The van der Waals surface area contributed by atoms with Gasteiger partial charge in [0.1, 0.15) is 0 Å². The van der Waals surface area contributed by atoms with Crippen molar-refractivity contribution in [1.82, 2.24) is 5.32 Å². The van der Waals surface area contributed by atoms with Crippen LogP contribution in [0.2, 0.25) is 0 Å². The Bertz CT molecular complexity index is 271. The fourth-order valence-electron chi connectivity index (χ4n) is 1.35. The second-order valence-electron chi connectivity index (χ2n) is 3.61. The quantitative estimate of drug-likeness (QED) is 0.869. The minimum Gasteiger partial charge on any atom is -0.394 e. The first-order valence-electron chi connectivity index (χ1n) is 4.76. The van der Waals surface area contributed by atoms with Crippen LogP contribution in [0.4, 0.5) is 0 Å². The number of halogens is 1. The lowest BCUT2D eigenvalue weighted by Gasteiger charge is -2.19. The summed E-state index contributed by atoms with van der Waals surface area (Å²) >= 11 is 3.38. The Labute approximate surface area is 93.5 Å². The van der Waals surface area contributed by atoms with Gasteiger partial charge in [-0.05, 0) is 17.7 Å². The number of aliphatic hydroxyl groups is 1. The third kappa shape index (κ3) is 3.40. The molecule has 3 heteroatoms. The summed E-state index contributed by atoms with van der Waals surface area (Å²) in [6, 6.07) is 8.40. The third-order valence-corrected chi connectivity index (χ3v) is 2.52. The molecule has 1 rings (SSSR count). The highest BCUT2D eigenvalue weighted by molar-refractivity contribution is 9.10. The topological polar surface area (TPSA) is 32.3 Å². The molecule has 0 aliphatic heterocycles. The highest BCUT2D eigenvalue weighted by Crippen LogP contribution is 2.16. The van der Waals surface area contributed by atoms with Gasteiger partial charge in [-0.25, -0.2) is 0 Å². The van der Waals surface area contributed by atoms with Crippen molar-refractivity contribution in [3.63, 3.8) is 0 Å². The van der Waals surface area contributed by atoms with Gasteiger partial charge in [0, 0.05) is 10.5 Å². The predicted octanol–water partition coefficient (Wildman–Crippen LogP) is 2.48. The molecule has 0 saturated carbocycles. The van der Waals surface area contributed by atoms with Gasteiger partial charge in [-0.1, -0.05) is 41.9 Å². The van der Waals surface area contributed by atoms with Crippen molar-refractivity contribution in [3.8, 4) is 0 Å². The normalized spacial score (nSPS) is 13.2. The van der Waals surface area contributed by atoms with E-state index in [2.05, 4.69) is 35.1 Å². The molecule has 0 spiro atoms. The molecule has 2 N–H and O–H groups in total. The maximum Gasteiger partial charge on any atom is 0.0626 e. The summed E-state index contributed by atoms with van der Waals surface area (Å²) in [5.74, 6) is 0. The van der Waals surface area contributed by atoms with Crippen molar-refractivity contribution < 1.29 is 5.11 Å². The highest BCUT2D eigenvalue weighted by Gasteiger charge is 2.10. The number of hydrogen-bond donors (Lipinski definition) is 2.